The van der Waals surface area contributed by atoms with Gasteiger partial charge in [0.1, 0.15) is 5.69 Å². The van der Waals surface area contributed by atoms with Crippen LogP contribution >= 0.6 is 23.4 Å². The lowest BCUT2D eigenvalue weighted by atomic mass is 10.2. The quantitative estimate of drug-likeness (QED) is 0.671. The van der Waals surface area contributed by atoms with E-state index in [-0.39, 0.29) is 18.3 Å². The van der Waals surface area contributed by atoms with E-state index in [1.807, 2.05) is 78.1 Å². The Morgan fingerprint density at radius 1 is 0.923 bits per heavy atom. The van der Waals surface area contributed by atoms with E-state index in [0.29, 0.717) is 11.6 Å². The van der Waals surface area contributed by atoms with E-state index in [9.17, 15) is 4.79 Å². The molecule has 26 heavy (non-hydrogen) atoms. The first-order valence-corrected chi connectivity index (χ1v) is 9.19. The monoisotopic (exact) mass is 402 g/mol. The standard InChI is InChI=1S/C20H15ClN2OS.ClH/c21-14-10-11-19-17(12-14)23(16-8-4-5-9-18(16)25-19)20(24)13-22-15-6-2-1-3-7-15;/h1-12,22H,13H2;1H. The van der Waals surface area contributed by atoms with Crippen molar-refractivity contribution >= 4 is 46.3 Å². The van der Waals surface area contributed by atoms with Gasteiger partial charge in [0.2, 0.25) is 0 Å². The highest BCUT2D eigenvalue weighted by Crippen LogP contribution is 2.48. The second-order valence-corrected chi connectivity index (χ2v) is 7.25. The van der Waals surface area contributed by atoms with Crippen LogP contribution in [-0.4, -0.2) is 12.5 Å². The summed E-state index contributed by atoms with van der Waals surface area (Å²) in [5.41, 5.74) is 2.80. The van der Waals surface area contributed by atoms with Crippen LogP contribution in [0.5, 0.6) is 0 Å². The van der Waals surface area contributed by atoms with Gasteiger partial charge in [-0.05, 0) is 42.5 Å². The van der Waals surface area contributed by atoms with Crippen molar-refractivity contribution in [3.05, 3.63) is 77.8 Å². The normalized spacial score (nSPS) is 12.0. The van der Waals surface area contributed by atoms with Gasteiger partial charge in [-0.2, -0.15) is 0 Å². The number of nitrogens with two attached hydrogens (primary N) is 1. The highest BCUT2D eigenvalue weighted by molar-refractivity contribution is 7.99. The zero-order valence-corrected chi connectivity index (χ0v) is 16.1. The molecule has 1 aliphatic heterocycles. The molecule has 132 valence electrons. The summed E-state index contributed by atoms with van der Waals surface area (Å²) in [7, 11) is 0. The van der Waals surface area contributed by atoms with Crippen LogP contribution in [-0.2, 0) is 4.79 Å². The Hall–Kier alpha value is -1.98. The second kappa shape index (κ2) is 8.14. The summed E-state index contributed by atoms with van der Waals surface area (Å²) in [6.07, 6.45) is 0. The van der Waals surface area contributed by atoms with Gasteiger partial charge in [0.15, 0.2) is 6.54 Å². The average Bonchev–Trinajstić information content (AvgIpc) is 2.65. The van der Waals surface area contributed by atoms with Crippen LogP contribution in [0.4, 0.5) is 17.1 Å². The van der Waals surface area contributed by atoms with E-state index in [4.69, 9.17) is 11.6 Å². The molecule has 0 unspecified atom stereocenters. The maximum atomic E-state index is 13.1. The number of anilines is 2. The molecule has 0 fully saturated rings. The van der Waals surface area contributed by atoms with Crippen LogP contribution in [0.15, 0.2) is 82.6 Å². The van der Waals surface area contributed by atoms with Crippen molar-refractivity contribution in [3.8, 4) is 0 Å². The zero-order valence-electron chi connectivity index (χ0n) is 13.7. The van der Waals surface area contributed by atoms with E-state index in [1.54, 1.807) is 16.7 Å². The Morgan fingerprint density at radius 3 is 2.42 bits per heavy atom. The summed E-state index contributed by atoms with van der Waals surface area (Å²) in [5, 5.41) is 2.58. The topological polar surface area (TPSA) is 36.9 Å². The molecular weight excluding hydrogens is 387 g/mol. The summed E-state index contributed by atoms with van der Waals surface area (Å²) in [4.78, 5) is 16.9. The Morgan fingerprint density at radius 2 is 1.62 bits per heavy atom. The van der Waals surface area contributed by atoms with Crippen molar-refractivity contribution in [2.45, 2.75) is 9.79 Å². The van der Waals surface area contributed by atoms with Gasteiger partial charge in [0.25, 0.3) is 5.91 Å². The minimum atomic E-state index is 0. The van der Waals surface area contributed by atoms with Gasteiger partial charge in [0, 0.05) is 14.8 Å². The molecule has 3 nitrogen and oxygen atoms in total. The first kappa shape index (κ1) is 18.8. The third kappa shape index (κ3) is 3.74. The zero-order chi connectivity index (χ0) is 17.2. The number of quaternary nitrogens is 1. The van der Waals surface area contributed by atoms with Crippen molar-refractivity contribution in [2.24, 2.45) is 0 Å². The molecule has 3 aromatic rings. The molecule has 1 amide bonds. The number of amides is 1. The van der Waals surface area contributed by atoms with E-state index in [1.165, 1.54) is 0 Å². The lowest BCUT2D eigenvalue weighted by Gasteiger charge is -2.30. The molecule has 6 heteroatoms. The molecule has 0 bridgehead atoms. The third-order valence-electron chi connectivity index (χ3n) is 4.05. The molecule has 0 aromatic heterocycles. The van der Waals surface area contributed by atoms with Crippen LogP contribution in [0.2, 0.25) is 5.02 Å². The first-order valence-electron chi connectivity index (χ1n) is 8.00. The largest absolute Gasteiger partial charge is 1.00 e. The second-order valence-electron chi connectivity index (χ2n) is 5.73. The van der Waals surface area contributed by atoms with Crippen molar-refractivity contribution in [1.29, 1.82) is 0 Å². The first-order chi connectivity index (χ1) is 12.2. The van der Waals surface area contributed by atoms with E-state index in [2.05, 4.69) is 0 Å². The number of rotatable bonds is 3. The molecule has 3 aromatic carbocycles. The molecule has 0 saturated carbocycles. The fourth-order valence-corrected chi connectivity index (χ4v) is 4.09. The molecule has 4 rings (SSSR count). The smallest absolute Gasteiger partial charge is 0.287 e. The molecule has 0 saturated heterocycles. The number of nitrogens with zero attached hydrogens (tertiary/aromatic N) is 1. The number of benzene rings is 3. The number of hydrogen-bond donors (Lipinski definition) is 1. The van der Waals surface area contributed by atoms with Crippen LogP contribution < -0.4 is 22.6 Å². The van der Waals surface area contributed by atoms with Crippen LogP contribution in [0.25, 0.3) is 0 Å². The SMILES string of the molecule is O=C(C[NH2+]c1ccccc1)N1c2ccccc2Sc2ccc(Cl)cc21.[Cl-]. The average molecular weight is 403 g/mol. The van der Waals surface area contributed by atoms with Crippen LogP contribution in [0.1, 0.15) is 0 Å². The maximum Gasteiger partial charge on any atom is 0.287 e. The predicted octanol–water partition coefficient (Wildman–Crippen LogP) is 1.37. The minimum absolute atomic E-state index is 0. The summed E-state index contributed by atoms with van der Waals surface area (Å²) >= 11 is 7.86. The molecule has 0 radical (unpaired) electrons. The summed E-state index contributed by atoms with van der Waals surface area (Å²) in [6.45, 7) is 0.328. The number of para-hydroxylation sites is 2. The highest BCUT2D eigenvalue weighted by atomic mass is 35.5. The third-order valence-corrected chi connectivity index (χ3v) is 5.41. The molecule has 0 atom stereocenters. The van der Waals surface area contributed by atoms with Crippen molar-refractivity contribution < 1.29 is 22.5 Å². The number of carbonyl (C=O) groups excluding carboxylic acids is 1. The Kier molecular flexibility index (Phi) is 5.89. The van der Waals surface area contributed by atoms with Gasteiger partial charge >= 0.3 is 0 Å². The summed E-state index contributed by atoms with van der Waals surface area (Å²) in [6, 6.07) is 23.6. The number of fused-ring (bicyclic) bond motifs is 2. The lowest BCUT2D eigenvalue weighted by molar-refractivity contribution is -0.559. The number of carbonyl (C=O) groups is 1. The summed E-state index contributed by atoms with van der Waals surface area (Å²) in [5.74, 6) is 0.0279. The maximum absolute atomic E-state index is 13.1. The van der Waals surface area contributed by atoms with Gasteiger partial charge in [-0.1, -0.05) is 53.7 Å². The molecule has 0 spiro atoms. The lowest BCUT2D eigenvalue weighted by Crippen LogP contribution is -3.00. The Balaban J connectivity index is 0.00000196. The number of hydrogen-bond acceptors (Lipinski definition) is 2. The van der Waals surface area contributed by atoms with E-state index < -0.39 is 0 Å². The van der Waals surface area contributed by atoms with Gasteiger partial charge in [-0.3, -0.25) is 9.69 Å². The van der Waals surface area contributed by atoms with Gasteiger partial charge in [0.05, 0.1) is 11.4 Å². The fraction of sp³-hybridized carbons (Fsp3) is 0.0500. The van der Waals surface area contributed by atoms with Gasteiger partial charge in [-0.15, -0.1) is 0 Å². The van der Waals surface area contributed by atoms with Gasteiger partial charge in [-0.25, -0.2) is 0 Å². The van der Waals surface area contributed by atoms with E-state index >= 15 is 0 Å². The Bertz CT molecular complexity index is 934. The fourth-order valence-electron chi connectivity index (χ4n) is 2.88. The summed E-state index contributed by atoms with van der Waals surface area (Å²) < 4.78 is 0. The molecule has 2 N–H and O–H groups in total. The van der Waals surface area contributed by atoms with Crippen molar-refractivity contribution in [3.63, 3.8) is 0 Å². The molecular formula is C20H16Cl2N2OS. The van der Waals surface area contributed by atoms with Crippen LogP contribution in [0.3, 0.4) is 0 Å². The Labute approximate surface area is 167 Å². The van der Waals surface area contributed by atoms with Gasteiger partial charge < -0.3 is 17.7 Å². The van der Waals surface area contributed by atoms with Crippen molar-refractivity contribution in [2.75, 3.05) is 11.4 Å². The molecule has 0 aliphatic carbocycles. The van der Waals surface area contributed by atoms with E-state index in [0.717, 1.165) is 26.9 Å². The number of halogens is 2. The van der Waals surface area contributed by atoms with Crippen molar-refractivity contribution in [1.82, 2.24) is 0 Å². The molecule has 1 heterocycles. The highest BCUT2D eigenvalue weighted by Gasteiger charge is 2.29. The minimum Gasteiger partial charge on any atom is -1.00 e. The predicted molar refractivity (Wildman–Crippen MR) is 102 cm³/mol. The van der Waals surface area contributed by atoms with Crippen LogP contribution in [0, 0.1) is 0 Å². The molecule has 1 aliphatic rings.